The summed E-state index contributed by atoms with van der Waals surface area (Å²) in [6.07, 6.45) is 1.47. The number of aryl methyl sites for hydroxylation is 1. The third-order valence-corrected chi connectivity index (χ3v) is 3.04. The zero-order valence-electron chi connectivity index (χ0n) is 11.1. The molecule has 0 radical (unpaired) electrons. The molecule has 1 aromatic carbocycles. The average molecular weight is 232 g/mol. The summed E-state index contributed by atoms with van der Waals surface area (Å²) >= 11 is 0. The van der Waals surface area contributed by atoms with E-state index in [0.717, 1.165) is 18.7 Å². The van der Waals surface area contributed by atoms with Gasteiger partial charge in [0.1, 0.15) is 5.75 Å². The maximum absolute atomic E-state index is 8.49. The van der Waals surface area contributed by atoms with Crippen LogP contribution in [0.4, 0.5) is 5.69 Å². The number of ether oxygens (including phenoxy) is 1. The van der Waals surface area contributed by atoms with Gasteiger partial charge < -0.3 is 10.1 Å². The number of rotatable bonds is 5. The van der Waals surface area contributed by atoms with Crippen LogP contribution in [0.5, 0.6) is 5.75 Å². The van der Waals surface area contributed by atoms with Crippen molar-refractivity contribution in [1.29, 1.82) is 5.26 Å². The zero-order valence-corrected chi connectivity index (χ0v) is 11.1. The smallest absolute Gasteiger partial charge is 0.122 e. The highest BCUT2D eigenvalue weighted by Gasteiger charge is 2.09. The van der Waals surface area contributed by atoms with Gasteiger partial charge in [-0.2, -0.15) is 5.26 Å². The Kier molecular flexibility index (Phi) is 4.84. The number of hydrogen-bond donors (Lipinski definition) is 1. The molecule has 0 aliphatic carbocycles. The fourth-order valence-electron chi connectivity index (χ4n) is 1.91. The van der Waals surface area contributed by atoms with Gasteiger partial charge in [0.05, 0.1) is 13.2 Å². The summed E-state index contributed by atoms with van der Waals surface area (Å²) in [5, 5.41) is 11.9. The van der Waals surface area contributed by atoms with Crippen molar-refractivity contribution in [3.8, 4) is 11.8 Å². The van der Waals surface area contributed by atoms with E-state index in [0.29, 0.717) is 6.42 Å². The van der Waals surface area contributed by atoms with E-state index in [2.05, 4.69) is 38.2 Å². The van der Waals surface area contributed by atoms with Crippen molar-refractivity contribution in [3.05, 3.63) is 22.8 Å². The maximum atomic E-state index is 8.49. The topological polar surface area (TPSA) is 45.0 Å². The fraction of sp³-hybridized carbons (Fsp3) is 0.500. The number of hydrogen-bond acceptors (Lipinski definition) is 3. The minimum absolute atomic E-state index is 0.597. The number of methoxy groups -OCH3 is 1. The Labute approximate surface area is 103 Å². The largest absolute Gasteiger partial charge is 0.496 e. The molecule has 0 aromatic heterocycles. The lowest BCUT2D eigenvalue weighted by atomic mass is 10.0. The lowest BCUT2D eigenvalue weighted by Gasteiger charge is -2.17. The summed E-state index contributed by atoms with van der Waals surface area (Å²) in [5.41, 5.74) is 4.74. The summed E-state index contributed by atoms with van der Waals surface area (Å²) in [6.45, 7) is 7.06. The van der Waals surface area contributed by atoms with Gasteiger partial charge in [-0.3, -0.25) is 0 Å². The van der Waals surface area contributed by atoms with Crippen LogP contribution in [0.1, 0.15) is 29.5 Å². The van der Waals surface area contributed by atoms with Gasteiger partial charge in [0.25, 0.3) is 0 Å². The summed E-state index contributed by atoms with van der Waals surface area (Å²) in [5.74, 6) is 0.933. The van der Waals surface area contributed by atoms with Gasteiger partial charge in [-0.05, 0) is 49.9 Å². The van der Waals surface area contributed by atoms with Gasteiger partial charge in [0, 0.05) is 18.7 Å². The molecular formula is C14H20N2O. The predicted molar refractivity (Wildman–Crippen MR) is 70.5 cm³/mol. The molecule has 17 heavy (non-hydrogen) atoms. The van der Waals surface area contributed by atoms with Gasteiger partial charge in [0.15, 0.2) is 0 Å². The first-order valence-corrected chi connectivity index (χ1v) is 5.87. The Hall–Kier alpha value is -1.69. The van der Waals surface area contributed by atoms with Crippen molar-refractivity contribution in [2.45, 2.75) is 33.6 Å². The molecule has 3 heteroatoms. The number of anilines is 1. The van der Waals surface area contributed by atoms with Crippen LogP contribution in [0, 0.1) is 32.1 Å². The van der Waals surface area contributed by atoms with Gasteiger partial charge in [0.2, 0.25) is 0 Å². The molecule has 0 aliphatic rings. The molecule has 0 heterocycles. The minimum atomic E-state index is 0.597. The van der Waals surface area contributed by atoms with E-state index in [9.17, 15) is 0 Å². The predicted octanol–water partition coefficient (Wildman–Crippen LogP) is 3.34. The van der Waals surface area contributed by atoms with Gasteiger partial charge in [-0.25, -0.2) is 0 Å². The van der Waals surface area contributed by atoms with Gasteiger partial charge in [-0.1, -0.05) is 0 Å². The monoisotopic (exact) mass is 232 g/mol. The Morgan fingerprint density at radius 2 is 2.00 bits per heavy atom. The quantitative estimate of drug-likeness (QED) is 0.792. The number of nitrogens with one attached hydrogen (secondary N) is 1. The van der Waals surface area contributed by atoms with E-state index in [1.807, 2.05) is 0 Å². The third-order valence-electron chi connectivity index (χ3n) is 3.04. The molecule has 92 valence electrons. The first kappa shape index (κ1) is 13.4. The lowest BCUT2D eigenvalue weighted by molar-refractivity contribution is 0.411. The van der Waals surface area contributed by atoms with E-state index < -0.39 is 0 Å². The second kappa shape index (κ2) is 6.15. The van der Waals surface area contributed by atoms with Crippen LogP contribution in [0.3, 0.4) is 0 Å². The summed E-state index contributed by atoms with van der Waals surface area (Å²) < 4.78 is 5.33. The van der Waals surface area contributed by atoms with Crippen LogP contribution in [0.15, 0.2) is 6.07 Å². The van der Waals surface area contributed by atoms with Crippen LogP contribution in [0.25, 0.3) is 0 Å². The molecule has 0 atom stereocenters. The standard InChI is InChI=1S/C14H20N2O/c1-10-9-13(17-4)11(2)12(3)14(10)16-8-6-5-7-15/h9,16H,5-6,8H2,1-4H3. The van der Waals surface area contributed by atoms with E-state index in [-0.39, 0.29) is 0 Å². The number of unbranched alkanes of at least 4 members (excludes halogenated alkanes) is 1. The molecule has 0 spiro atoms. The lowest BCUT2D eigenvalue weighted by Crippen LogP contribution is -2.06. The maximum Gasteiger partial charge on any atom is 0.122 e. The highest BCUT2D eigenvalue weighted by atomic mass is 16.5. The summed E-state index contributed by atoms with van der Waals surface area (Å²) in [7, 11) is 1.70. The van der Waals surface area contributed by atoms with Gasteiger partial charge in [-0.15, -0.1) is 0 Å². The molecule has 0 saturated heterocycles. The molecule has 0 aliphatic heterocycles. The highest BCUT2D eigenvalue weighted by molar-refractivity contribution is 5.63. The zero-order chi connectivity index (χ0) is 12.8. The van der Waals surface area contributed by atoms with E-state index >= 15 is 0 Å². The molecule has 0 fully saturated rings. The van der Waals surface area contributed by atoms with Crippen LogP contribution in [0.2, 0.25) is 0 Å². The number of nitrogens with zero attached hydrogens (tertiary/aromatic N) is 1. The highest BCUT2D eigenvalue weighted by Crippen LogP contribution is 2.30. The fourth-order valence-corrected chi connectivity index (χ4v) is 1.91. The first-order chi connectivity index (χ1) is 8.11. The Morgan fingerprint density at radius 3 is 2.59 bits per heavy atom. The van der Waals surface area contributed by atoms with Crippen molar-refractivity contribution in [3.63, 3.8) is 0 Å². The number of benzene rings is 1. The molecule has 0 amide bonds. The van der Waals surface area contributed by atoms with Crippen molar-refractivity contribution in [1.82, 2.24) is 0 Å². The van der Waals surface area contributed by atoms with Crippen molar-refractivity contribution in [2.24, 2.45) is 0 Å². The molecule has 1 aromatic rings. The van der Waals surface area contributed by atoms with Crippen LogP contribution >= 0.6 is 0 Å². The Bertz CT molecular complexity index is 433. The van der Waals surface area contributed by atoms with Crippen molar-refractivity contribution < 1.29 is 4.74 Å². The van der Waals surface area contributed by atoms with Crippen molar-refractivity contribution >= 4 is 5.69 Å². The van der Waals surface area contributed by atoms with E-state index in [1.54, 1.807) is 7.11 Å². The summed E-state index contributed by atoms with van der Waals surface area (Å²) in [4.78, 5) is 0. The van der Waals surface area contributed by atoms with Gasteiger partial charge >= 0.3 is 0 Å². The van der Waals surface area contributed by atoms with E-state index in [1.165, 1.54) is 22.4 Å². The first-order valence-electron chi connectivity index (χ1n) is 5.87. The normalized spacial score (nSPS) is 9.82. The van der Waals surface area contributed by atoms with Crippen molar-refractivity contribution in [2.75, 3.05) is 19.0 Å². The SMILES string of the molecule is COc1cc(C)c(NCCCC#N)c(C)c1C. The molecule has 1 N–H and O–H groups in total. The second-order valence-corrected chi connectivity index (χ2v) is 4.21. The second-order valence-electron chi connectivity index (χ2n) is 4.21. The number of nitriles is 1. The molecular weight excluding hydrogens is 212 g/mol. The van der Waals surface area contributed by atoms with Crippen LogP contribution in [-0.4, -0.2) is 13.7 Å². The third kappa shape index (κ3) is 3.13. The molecule has 3 nitrogen and oxygen atoms in total. The van der Waals surface area contributed by atoms with Crippen LogP contribution < -0.4 is 10.1 Å². The summed E-state index contributed by atoms with van der Waals surface area (Å²) in [6, 6.07) is 4.20. The van der Waals surface area contributed by atoms with E-state index in [4.69, 9.17) is 10.00 Å². The molecule has 0 saturated carbocycles. The minimum Gasteiger partial charge on any atom is -0.496 e. The molecule has 0 bridgehead atoms. The molecule has 1 rings (SSSR count). The molecule has 0 unspecified atom stereocenters. The Balaban J connectivity index is 2.86. The van der Waals surface area contributed by atoms with Crippen LogP contribution in [-0.2, 0) is 0 Å². The average Bonchev–Trinajstić information content (AvgIpc) is 2.32. The Morgan fingerprint density at radius 1 is 1.29 bits per heavy atom.